The number of urea groups is 1. The van der Waals surface area contributed by atoms with Crippen molar-refractivity contribution in [2.45, 2.75) is 64.0 Å². The van der Waals surface area contributed by atoms with Crippen molar-refractivity contribution in [3.8, 4) is 0 Å². The van der Waals surface area contributed by atoms with Crippen LogP contribution < -0.4 is 10.6 Å². The molecule has 0 aromatic carbocycles. The van der Waals surface area contributed by atoms with Crippen LogP contribution in [0.4, 0.5) is 4.79 Å². The fourth-order valence-corrected chi connectivity index (χ4v) is 3.52. The van der Waals surface area contributed by atoms with E-state index in [1.807, 2.05) is 11.9 Å². The number of piperidine rings is 1. The summed E-state index contributed by atoms with van der Waals surface area (Å²) in [5.41, 5.74) is 0. The Labute approximate surface area is 117 Å². The molecule has 1 aliphatic heterocycles. The van der Waals surface area contributed by atoms with Crippen LogP contribution in [-0.2, 0) is 0 Å². The molecule has 2 aliphatic rings. The van der Waals surface area contributed by atoms with Crippen molar-refractivity contribution in [1.82, 2.24) is 15.5 Å². The maximum Gasteiger partial charge on any atom is 0.317 e. The lowest BCUT2D eigenvalue weighted by Gasteiger charge is -2.39. The molecule has 2 N–H and O–H groups in total. The van der Waals surface area contributed by atoms with Crippen LogP contribution in [0.15, 0.2) is 0 Å². The molecule has 1 heterocycles. The van der Waals surface area contributed by atoms with Crippen molar-refractivity contribution in [3.63, 3.8) is 0 Å². The van der Waals surface area contributed by atoms with Gasteiger partial charge in [-0.1, -0.05) is 32.6 Å². The summed E-state index contributed by atoms with van der Waals surface area (Å²) in [5, 5.41) is 6.62. The third-order valence-electron chi connectivity index (χ3n) is 4.85. The number of hydrogen-bond donors (Lipinski definition) is 2. The monoisotopic (exact) mass is 267 g/mol. The number of carbonyl (C=O) groups excluding carboxylic acids is 1. The van der Waals surface area contributed by atoms with Gasteiger partial charge in [-0.3, -0.25) is 0 Å². The highest BCUT2D eigenvalue weighted by atomic mass is 16.2. The van der Waals surface area contributed by atoms with Crippen LogP contribution in [0.2, 0.25) is 0 Å². The van der Waals surface area contributed by atoms with Gasteiger partial charge in [0.15, 0.2) is 0 Å². The highest BCUT2D eigenvalue weighted by molar-refractivity contribution is 5.74. The molecule has 19 heavy (non-hydrogen) atoms. The number of rotatable bonds is 3. The third kappa shape index (κ3) is 3.85. The highest BCUT2D eigenvalue weighted by Gasteiger charge is 2.30. The molecule has 2 amide bonds. The van der Waals surface area contributed by atoms with E-state index in [-0.39, 0.29) is 6.03 Å². The fourth-order valence-electron chi connectivity index (χ4n) is 3.52. The van der Waals surface area contributed by atoms with E-state index >= 15 is 0 Å². The molecule has 2 atom stereocenters. The normalized spacial score (nSPS) is 29.3. The highest BCUT2D eigenvalue weighted by Crippen LogP contribution is 2.21. The van der Waals surface area contributed by atoms with Crippen LogP contribution in [0.3, 0.4) is 0 Å². The first-order valence-corrected chi connectivity index (χ1v) is 7.97. The summed E-state index contributed by atoms with van der Waals surface area (Å²) in [5.74, 6) is 0.593. The second-order valence-corrected chi connectivity index (χ2v) is 6.08. The SMILES string of the molecule is CCC1CN(C(=O)NC2CCCCC2)CCC1NC. The van der Waals surface area contributed by atoms with Crippen LogP contribution in [0.5, 0.6) is 0 Å². The number of amides is 2. The average Bonchev–Trinajstić information content (AvgIpc) is 2.47. The molecule has 2 fully saturated rings. The zero-order valence-electron chi connectivity index (χ0n) is 12.5. The molecule has 2 rings (SSSR count). The van der Waals surface area contributed by atoms with Crippen LogP contribution in [-0.4, -0.2) is 43.2 Å². The smallest absolute Gasteiger partial charge is 0.317 e. The van der Waals surface area contributed by atoms with Gasteiger partial charge in [-0.2, -0.15) is 0 Å². The second kappa shape index (κ2) is 7.13. The number of nitrogens with one attached hydrogen (secondary N) is 2. The minimum Gasteiger partial charge on any atom is -0.335 e. The van der Waals surface area contributed by atoms with Crippen molar-refractivity contribution in [2.24, 2.45) is 5.92 Å². The van der Waals surface area contributed by atoms with Crippen LogP contribution in [0, 0.1) is 5.92 Å². The van der Waals surface area contributed by atoms with Crippen molar-refractivity contribution in [3.05, 3.63) is 0 Å². The molecule has 1 aliphatic carbocycles. The van der Waals surface area contributed by atoms with Gasteiger partial charge in [0.25, 0.3) is 0 Å². The molecule has 0 aromatic rings. The Morgan fingerprint density at radius 2 is 1.95 bits per heavy atom. The second-order valence-electron chi connectivity index (χ2n) is 6.08. The van der Waals surface area contributed by atoms with E-state index in [0.717, 1.165) is 38.8 Å². The lowest BCUT2D eigenvalue weighted by atomic mass is 9.90. The van der Waals surface area contributed by atoms with E-state index < -0.39 is 0 Å². The first-order chi connectivity index (χ1) is 9.24. The van der Waals surface area contributed by atoms with E-state index in [4.69, 9.17) is 0 Å². The molecular weight excluding hydrogens is 238 g/mol. The first-order valence-electron chi connectivity index (χ1n) is 7.97. The van der Waals surface area contributed by atoms with E-state index in [1.165, 1.54) is 19.3 Å². The minimum atomic E-state index is 0.167. The lowest BCUT2D eigenvalue weighted by Crippen LogP contribution is -2.54. The molecule has 0 aromatic heterocycles. The summed E-state index contributed by atoms with van der Waals surface area (Å²) in [4.78, 5) is 14.3. The molecule has 0 spiro atoms. The molecular formula is C15H29N3O. The van der Waals surface area contributed by atoms with Crippen LogP contribution in [0.1, 0.15) is 51.9 Å². The Hall–Kier alpha value is -0.770. The molecule has 1 saturated heterocycles. The largest absolute Gasteiger partial charge is 0.335 e. The third-order valence-corrected chi connectivity index (χ3v) is 4.85. The van der Waals surface area contributed by atoms with Gasteiger partial charge in [0.2, 0.25) is 0 Å². The molecule has 0 radical (unpaired) electrons. The van der Waals surface area contributed by atoms with Crippen molar-refractivity contribution >= 4 is 6.03 Å². The summed E-state index contributed by atoms with van der Waals surface area (Å²) < 4.78 is 0. The summed E-state index contributed by atoms with van der Waals surface area (Å²) in [6, 6.07) is 1.16. The van der Waals surface area contributed by atoms with Crippen LogP contribution >= 0.6 is 0 Å². The van der Waals surface area contributed by atoms with Crippen LogP contribution in [0.25, 0.3) is 0 Å². The Bertz CT molecular complexity index is 289. The molecule has 2 unspecified atom stereocenters. The fraction of sp³-hybridized carbons (Fsp3) is 0.933. The predicted molar refractivity (Wildman–Crippen MR) is 78.2 cm³/mol. The molecule has 4 nitrogen and oxygen atoms in total. The van der Waals surface area contributed by atoms with Crippen molar-refractivity contribution in [1.29, 1.82) is 0 Å². The Morgan fingerprint density at radius 1 is 1.21 bits per heavy atom. The maximum absolute atomic E-state index is 12.3. The van der Waals surface area contributed by atoms with Gasteiger partial charge in [-0.15, -0.1) is 0 Å². The number of likely N-dealkylation sites (tertiary alicyclic amines) is 1. The molecule has 110 valence electrons. The zero-order chi connectivity index (χ0) is 13.7. The maximum atomic E-state index is 12.3. The number of hydrogen-bond acceptors (Lipinski definition) is 2. The van der Waals surface area contributed by atoms with Gasteiger partial charge < -0.3 is 15.5 Å². The summed E-state index contributed by atoms with van der Waals surface area (Å²) in [7, 11) is 2.03. The van der Waals surface area contributed by atoms with E-state index in [0.29, 0.717) is 18.0 Å². The summed E-state index contributed by atoms with van der Waals surface area (Å²) >= 11 is 0. The van der Waals surface area contributed by atoms with Gasteiger partial charge in [-0.05, 0) is 32.2 Å². The van der Waals surface area contributed by atoms with E-state index in [1.54, 1.807) is 0 Å². The summed E-state index contributed by atoms with van der Waals surface area (Å²) in [6.45, 7) is 4.01. The Kier molecular flexibility index (Phi) is 5.49. The van der Waals surface area contributed by atoms with Gasteiger partial charge in [0.05, 0.1) is 0 Å². The minimum absolute atomic E-state index is 0.167. The summed E-state index contributed by atoms with van der Waals surface area (Å²) in [6.07, 6.45) is 8.41. The number of carbonyl (C=O) groups is 1. The molecule has 0 bridgehead atoms. The topological polar surface area (TPSA) is 44.4 Å². The Balaban J connectivity index is 1.82. The van der Waals surface area contributed by atoms with Gasteiger partial charge in [0, 0.05) is 25.2 Å². The van der Waals surface area contributed by atoms with E-state index in [2.05, 4.69) is 17.6 Å². The lowest BCUT2D eigenvalue weighted by molar-refractivity contribution is 0.140. The quantitative estimate of drug-likeness (QED) is 0.824. The van der Waals surface area contributed by atoms with Gasteiger partial charge in [0.1, 0.15) is 0 Å². The van der Waals surface area contributed by atoms with E-state index in [9.17, 15) is 4.79 Å². The average molecular weight is 267 g/mol. The molecule has 4 heteroatoms. The number of nitrogens with zero attached hydrogens (tertiary/aromatic N) is 1. The van der Waals surface area contributed by atoms with Crippen molar-refractivity contribution < 1.29 is 4.79 Å². The van der Waals surface area contributed by atoms with Gasteiger partial charge >= 0.3 is 6.03 Å². The van der Waals surface area contributed by atoms with Crippen molar-refractivity contribution in [2.75, 3.05) is 20.1 Å². The zero-order valence-corrected chi connectivity index (χ0v) is 12.5. The molecule has 1 saturated carbocycles. The first kappa shape index (κ1) is 14.6. The predicted octanol–water partition coefficient (Wildman–Crippen LogP) is 2.35. The standard InChI is InChI=1S/C15H29N3O/c1-3-12-11-18(10-9-14(12)16-2)15(19)17-13-7-5-4-6-8-13/h12-14,16H,3-11H2,1-2H3,(H,17,19). The Morgan fingerprint density at radius 3 is 2.58 bits per heavy atom. The van der Waals surface area contributed by atoms with Gasteiger partial charge in [-0.25, -0.2) is 4.79 Å².